The maximum absolute atomic E-state index is 4.86. The van der Waals surface area contributed by atoms with Gasteiger partial charge in [-0.1, -0.05) is 6.07 Å². The summed E-state index contributed by atoms with van der Waals surface area (Å²) in [5.41, 5.74) is 1.22. The molecule has 1 N–H and O–H groups in total. The van der Waals surface area contributed by atoms with Crippen molar-refractivity contribution in [1.29, 1.82) is 0 Å². The summed E-state index contributed by atoms with van der Waals surface area (Å²) in [5.74, 6) is 2.06. The largest absolute Gasteiger partial charge is 0.357 e. The Morgan fingerprint density at radius 3 is 2.82 bits per heavy atom. The van der Waals surface area contributed by atoms with E-state index in [1.54, 1.807) is 0 Å². The van der Waals surface area contributed by atoms with Crippen molar-refractivity contribution >= 4 is 47.1 Å². The molecule has 0 amide bonds. The first-order valence-electron chi connectivity index (χ1n) is 9.98. The van der Waals surface area contributed by atoms with Crippen molar-refractivity contribution in [3.05, 3.63) is 46.3 Å². The number of guanidine groups is 1. The van der Waals surface area contributed by atoms with Crippen molar-refractivity contribution in [2.45, 2.75) is 39.2 Å². The van der Waals surface area contributed by atoms with Crippen LogP contribution in [-0.4, -0.2) is 49.1 Å². The first kappa shape index (κ1) is 22.9. The molecule has 0 atom stereocenters. The van der Waals surface area contributed by atoms with Crippen molar-refractivity contribution in [2.24, 2.45) is 4.99 Å². The number of hydrogen-bond acceptors (Lipinski definition) is 4. The van der Waals surface area contributed by atoms with E-state index in [1.165, 1.54) is 29.7 Å². The summed E-state index contributed by atoms with van der Waals surface area (Å²) in [6.07, 6.45) is 6.84. The van der Waals surface area contributed by atoms with Crippen molar-refractivity contribution < 1.29 is 0 Å². The Morgan fingerprint density at radius 1 is 1.29 bits per heavy atom. The van der Waals surface area contributed by atoms with Crippen LogP contribution in [0.25, 0.3) is 0 Å². The summed E-state index contributed by atoms with van der Waals surface area (Å²) in [6, 6.07) is 8.58. The maximum atomic E-state index is 4.86. The van der Waals surface area contributed by atoms with Gasteiger partial charge in [-0.2, -0.15) is 0 Å². The van der Waals surface area contributed by atoms with Crippen molar-refractivity contribution in [2.75, 3.05) is 38.1 Å². The zero-order valence-corrected chi connectivity index (χ0v) is 20.1. The molecule has 1 aliphatic rings. The number of rotatable bonds is 7. The summed E-state index contributed by atoms with van der Waals surface area (Å²) < 4.78 is 0. The summed E-state index contributed by atoms with van der Waals surface area (Å²) in [5, 5.41) is 5.55. The molecule has 0 bridgehead atoms. The summed E-state index contributed by atoms with van der Waals surface area (Å²) in [4.78, 5) is 15.5. The molecular formula is C21H32IN5S. The molecule has 7 heteroatoms. The van der Waals surface area contributed by atoms with Gasteiger partial charge < -0.3 is 15.1 Å². The van der Waals surface area contributed by atoms with E-state index in [9.17, 15) is 0 Å². The first-order chi connectivity index (χ1) is 13.3. The number of aromatic nitrogens is 1. The monoisotopic (exact) mass is 513 g/mol. The molecule has 0 unspecified atom stereocenters. The molecule has 0 saturated carbocycles. The van der Waals surface area contributed by atoms with Gasteiger partial charge in [-0.3, -0.25) is 0 Å². The molecule has 0 aliphatic carbocycles. The number of pyridine rings is 1. The lowest BCUT2D eigenvalue weighted by atomic mass is 10.1. The molecule has 1 saturated heterocycles. The number of nitrogens with one attached hydrogen (secondary N) is 1. The zero-order chi connectivity index (χ0) is 18.9. The number of nitrogens with zero attached hydrogens (tertiary/aromatic N) is 4. The van der Waals surface area contributed by atoms with Crippen LogP contribution < -0.4 is 10.2 Å². The van der Waals surface area contributed by atoms with Gasteiger partial charge in [0.15, 0.2) is 5.96 Å². The minimum absolute atomic E-state index is 0. The fourth-order valence-electron chi connectivity index (χ4n) is 3.33. The van der Waals surface area contributed by atoms with Gasteiger partial charge in [0, 0.05) is 44.3 Å². The standard InChI is InChI=1S/C21H31N5S.HI/c1-3-22-21(25(2)14-10-19-8-7-15-27-19)24-17-18-9-11-23-20(16-18)26-12-5-4-6-13-26;/h7-9,11,15-16H,3-6,10,12-14,17H2,1-2H3,(H,22,24);1H. The highest BCUT2D eigenvalue weighted by Gasteiger charge is 2.12. The van der Waals surface area contributed by atoms with Crippen LogP contribution in [-0.2, 0) is 13.0 Å². The number of likely N-dealkylation sites (N-methyl/N-ethyl adjacent to an activating group) is 1. The molecular weight excluding hydrogens is 481 g/mol. The van der Waals surface area contributed by atoms with Gasteiger partial charge in [0.25, 0.3) is 0 Å². The van der Waals surface area contributed by atoms with Crippen molar-refractivity contribution in [1.82, 2.24) is 15.2 Å². The predicted octanol–water partition coefficient (Wildman–Crippen LogP) is 4.39. The van der Waals surface area contributed by atoms with E-state index in [4.69, 9.17) is 4.99 Å². The van der Waals surface area contributed by atoms with Crippen LogP contribution in [0.1, 0.15) is 36.6 Å². The molecule has 28 heavy (non-hydrogen) atoms. The van der Waals surface area contributed by atoms with E-state index < -0.39 is 0 Å². The van der Waals surface area contributed by atoms with Crippen LogP contribution in [0.5, 0.6) is 0 Å². The average molecular weight is 513 g/mol. The van der Waals surface area contributed by atoms with Crippen LogP contribution >= 0.6 is 35.3 Å². The number of piperidine rings is 1. The van der Waals surface area contributed by atoms with Gasteiger partial charge in [0.1, 0.15) is 5.82 Å². The number of thiophene rings is 1. The molecule has 2 aromatic heterocycles. The van der Waals surface area contributed by atoms with Gasteiger partial charge in [0.05, 0.1) is 6.54 Å². The van der Waals surface area contributed by atoms with E-state index in [2.05, 4.69) is 63.7 Å². The van der Waals surface area contributed by atoms with Gasteiger partial charge >= 0.3 is 0 Å². The highest BCUT2D eigenvalue weighted by atomic mass is 127. The number of aliphatic imine (C=N–C) groups is 1. The molecule has 0 aromatic carbocycles. The zero-order valence-electron chi connectivity index (χ0n) is 16.9. The Labute approximate surface area is 190 Å². The first-order valence-corrected chi connectivity index (χ1v) is 10.9. The third kappa shape index (κ3) is 6.92. The Kier molecular flexibility index (Phi) is 10.0. The van der Waals surface area contributed by atoms with Crippen LogP contribution in [0.4, 0.5) is 5.82 Å². The Hall–Kier alpha value is -1.35. The maximum Gasteiger partial charge on any atom is 0.193 e. The Balaban J connectivity index is 0.00000280. The molecule has 1 fully saturated rings. The lowest BCUT2D eigenvalue weighted by Crippen LogP contribution is -2.39. The summed E-state index contributed by atoms with van der Waals surface area (Å²) in [7, 11) is 2.11. The highest BCUT2D eigenvalue weighted by Crippen LogP contribution is 2.18. The van der Waals surface area contributed by atoms with E-state index in [-0.39, 0.29) is 24.0 Å². The van der Waals surface area contributed by atoms with Crippen molar-refractivity contribution in [3.63, 3.8) is 0 Å². The van der Waals surface area contributed by atoms with Gasteiger partial charge in [-0.15, -0.1) is 35.3 Å². The van der Waals surface area contributed by atoms with E-state index in [1.807, 2.05) is 17.5 Å². The second-order valence-electron chi connectivity index (χ2n) is 6.99. The second kappa shape index (κ2) is 12.3. The van der Waals surface area contributed by atoms with E-state index in [0.717, 1.165) is 44.4 Å². The second-order valence-corrected chi connectivity index (χ2v) is 8.02. The molecule has 3 heterocycles. The van der Waals surface area contributed by atoms with Crippen LogP contribution in [0.2, 0.25) is 0 Å². The Morgan fingerprint density at radius 2 is 2.11 bits per heavy atom. The topological polar surface area (TPSA) is 43.8 Å². The fourth-order valence-corrected chi connectivity index (χ4v) is 4.03. The highest BCUT2D eigenvalue weighted by molar-refractivity contribution is 14.0. The summed E-state index contributed by atoms with van der Waals surface area (Å²) >= 11 is 1.82. The molecule has 5 nitrogen and oxygen atoms in total. The molecule has 154 valence electrons. The van der Waals surface area contributed by atoms with Crippen LogP contribution in [0.15, 0.2) is 40.8 Å². The van der Waals surface area contributed by atoms with Gasteiger partial charge in [0.2, 0.25) is 0 Å². The van der Waals surface area contributed by atoms with E-state index in [0.29, 0.717) is 6.54 Å². The number of hydrogen-bond donors (Lipinski definition) is 1. The lowest BCUT2D eigenvalue weighted by Gasteiger charge is -2.27. The summed E-state index contributed by atoms with van der Waals surface area (Å²) in [6.45, 7) is 6.86. The molecule has 1 aliphatic heterocycles. The van der Waals surface area contributed by atoms with Crippen LogP contribution in [0, 0.1) is 0 Å². The molecule has 3 rings (SSSR count). The minimum Gasteiger partial charge on any atom is -0.357 e. The molecule has 0 spiro atoms. The lowest BCUT2D eigenvalue weighted by molar-refractivity contribution is 0.486. The van der Waals surface area contributed by atoms with E-state index >= 15 is 0 Å². The fraction of sp³-hybridized carbons (Fsp3) is 0.524. The average Bonchev–Trinajstić information content (AvgIpc) is 3.24. The van der Waals surface area contributed by atoms with Gasteiger partial charge in [-0.05, 0) is 61.7 Å². The molecule has 0 radical (unpaired) electrons. The van der Waals surface area contributed by atoms with Crippen LogP contribution in [0.3, 0.4) is 0 Å². The third-order valence-electron chi connectivity index (χ3n) is 4.87. The van der Waals surface area contributed by atoms with Crippen molar-refractivity contribution in [3.8, 4) is 0 Å². The third-order valence-corrected chi connectivity index (χ3v) is 5.81. The SMILES string of the molecule is CCNC(=NCc1ccnc(N2CCCCC2)c1)N(C)CCc1cccs1.I. The quantitative estimate of drug-likeness (QED) is 0.339. The number of anilines is 1. The minimum atomic E-state index is 0. The smallest absolute Gasteiger partial charge is 0.193 e. The number of halogens is 1. The predicted molar refractivity (Wildman–Crippen MR) is 131 cm³/mol. The van der Waals surface area contributed by atoms with Gasteiger partial charge in [-0.25, -0.2) is 9.98 Å². The Bertz CT molecular complexity index is 713. The molecule has 2 aromatic rings. The normalized spacial score (nSPS) is 14.5.